The Morgan fingerprint density at radius 3 is 2.34 bits per heavy atom. The summed E-state index contributed by atoms with van der Waals surface area (Å²) < 4.78 is 2.80. The molecule has 0 saturated carbocycles. The van der Waals surface area contributed by atoms with Crippen LogP contribution in [0.2, 0.25) is 19.6 Å². The molecule has 0 atom stereocenters. The third kappa shape index (κ3) is 3.39. The molecule has 0 spiro atoms. The Morgan fingerprint density at radius 1 is 0.875 bits per heavy atom. The first-order chi connectivity index (χ1) is 15.1. The van der Waals surface area contributed by atoms with Gasteiger partial charge in [0, 0.05) is 31.9 Å². The number of fused-ring (bicyclic) bond motifs is 4. The molecule has 0 radical (unpaired) electrons. The highest BCUT2D eigenvalue weighted by Gasteiger charge is 2.25. The molecule has 0 aliphatic rings. The van der Waals surface area contributed by atoms with Crippen molar-refractivity contribution in [1.29, 1.82) is 0 Å². The molecule has 0 bridgehead atoms. The second-order valence-corrected chi connectivity index (χ2v) is 17.1. The number of benzene rings is 3. The fraction of sp³-hybridized carbons (Fsp3) is 0.276. The van der Waals surface area contributed by atoms with Gasteiger partial charge in [0.1, 0.15) is 0 Å². The molecular formula is C29H31NSSi. The molecule has 32 heavy (non-hydrogen) atoms. The van der Waals surface area contributed by atoms with Crippen LogP contribution in [0.15, 0.2) is 60.8 Å². The number of hydrogen-bond donors (Lipinski definition) is 0. The molecule has 0 aliphatic heterocycles. The summed E-state index contributed by atoms with van der Waals surface area (Å²) in [7, 11) is -1.48. The van der Waals surface area contributed by atoms with Crippen LogP contribution in [0.25, 0.3) is 42.2 Å². The van der Waals surface area contributed by atoms with Gasteiger partial charge in [0.25, 0.3) is 0 Å². The van der Waals surface area contributed by atoms with Crippen molar-refractivity contribution in [2.45, 2.75) is 52.8 Å². The maximum absolute atomic E-state index is 4.96. The molecule has 0 fully saturated rings. The standard InChI is InChI=1S/C29H31NSSi/c1-18-12-13-22-25-24(31-27(22)28(18)32(5,6)7)14-15-30-26(25)20-16-19-10-8-9-11-21(19)23(17-20)29(2,3)4/h8-17H,1-7H3. The molecule has 2 aromatic heterocycles. The maximum Gasteiger partial charge on any atom is 0.0798 e. The molecule has 1 nitrogen and oxygen atoms in total. The molecule has 0 N–H and O–H groups in total. The number of aromatic nitrogens is 1. The van der Waals surface area contributed by atoms with E-state index >= 15 is 0 Å². The number of thiophene rings is 1. The largest absolute Gasteiger partial charge is 0.256 e. The van der Waals surface area contributed by atoms with Gasteiger partial charge < -0.3 is 0 Å². The molecule has 3 heteroatoms. The average Bonchev–Trinajstić information content (AvgIpc) is 3.09. The normalized spacial score (nSPS) is 12.8. The number of aryl methyl sites for hydroxylation is 1. The highest BCUT2D eigenvalue weighted by Crippen LogP contribution is 2.41. The lowest BCUT2D eigenvalue weighted by atomic mass is 9.82. The Morgan fingerprint density at radius 2 is 1.62 bits per heavy atom. The summed E-state index contributed by atoms with van der Waals surface area (Å²) >= 11 is 1.95. The summed E-state index contributed by atoms with van der Waals surface area (Å²) in [6, 6.07) is 20.3. The lowest BCUT2D eigenvalue weighted by Gasteiger charge is -2.23. The first-order valence-electron chi connectivity index (χ1n) is 11.4. The van der Waals surface area contributed by atoms with E-state index in [-0.39, 0.29) is 5.41 Å². The van der Waals surface area contributed by atoms with Crippen LogP contribution in [0.4, 0.5) is 0 Å². The molecule has 162 valence electrons. The molecule has 3 aromatic carbocycles. The highest BCUT2D eigenvalue weighted by molar-refractivity contribution is 7.27. The Hall–Kier alpha value is -2.49. The Labute approximate surface area is 196 Å². The SMILES string of the molecule is Cc1ccc2c(sc3ccnc(-c4cc(C(C)(C)C)c5ccccc5c4)c32)c1[Si](C)(C)C. The fourth-order valence-electron chi connectivity index (χ4n) is 5.10. The van der Waals surface area contributed by atoms with Gasteiger partial charge in [0.2, 0.25) is 0 Å². The topological polar surface area (TPSA) is 12.9 Å². The van der Waals surface area contributed by atoms with Crippen LogP contribution >= 0.6 is 11.3 Å². The van der Waals surface area contributed by atoms with Gasteiger partial charge in [0.05, 0.1) is 13.8 Å². The van der Waals surface area contributed by atoms with Crippen LogP contribution in [0.1, 0.15) is 31.9 Å². The first-order valence-corrected chi connectivity index (χ1v) is 15.7. The maximum atomic E-state index is 4.96. The number of nitrogens with zero attached hydrogens (tertiary/aromatic N) is 1. The Balaban J connectivity index is 1.89. The monoisotopic (exact) mass is 453 g/mol. The van der Waals surface area contributed by atoms with E-state index in [1.807, 2.05) is 17.5 Å². The number of hydrogen-bond acceptors (Lipinski definition) is 2. The van der Waals surface area contributed by atoms with Gasteiger partial charge in [-0.15, -0.1) is 11.3 Å². The van der Waals surface area contributed by atoms with Gasteiger partial charge >= 0.3 is 0 Å². The smallest absolute Gasteiger partial charge is 0.0798 e. The minimum Gasteiger partial charge on any atom is -0.256 e. The predicted octanol–water partition coefficient (Wildman–Crippen LogP) is 8.42. The molecule has 5 aromatic rings. The van der Waals surface area contributed by atoms with Crippen LogP contribution in [-0.4, -0.2) is 13.1 Å². The van der Waals surface area contributed by atoms with E-state index in [1.165, 1.54) is 47.6 Å². The third-order valence-corrected chi connectivity index (χ3v) is 9.97. The van der Waals surface area contributed by atoms with E-state index in [0.717, 1.165) is 5.69 Å². The summed E-state index contributed by atoms with van der Waals surface area (Å²) in [6.07, 6.45) is 1.99. The Kier molecular flexibility index (Phi) is 4.85. The van der Waals surface area contributed by atoms with Crippen LogP contribution in [0.5, 0.6) is 0 Å². The summed E-state index contributed by atoms with van der Waals surface area (Å²) in [5.41, 5.74) is 5.19. The van der Waals surface area contributed by atoms with Crippen molar-refractivity contribution in [1.82, 2.24) is 4.98 Å². The van der Waals surface area contributed by atoms with Crippen LogP contribution in [-0.2, 0) is 5.41 Å². The molecular weight excluding hydrogens is 422 g/mol. The minimum absolute atomic E-state index is 0.0579. The van der Waals surface area contributed by atoms with Crippen molar-refractivity contribution in [2.24, 2.45) is 0 Å². The van der Waals surface area contributed by atoms with Crippen molar-refractivity contribution >= 4 is 55.5 Å². The lowest BCUT2D eigenvalue weighted by Crippen LogP contribution is -2.39. The van der Waals surface area contributed by atoms with E-state index < -0.39 is 8.07 Å². The Bertz CT molecular complexity index is 1500. The molecule has 0 amide bonds. The second-order valence-electron chi connectivity index (χ2n) is 11.0. The molecule has 0 saturated heterocycles. The van der Waals surface area contributed by atoms with Gasteiger partial charge in [0.15, 0.2) is 0 Å². The van der Waals surface area contributed by atoms with Crippen molar-refractivity contribution < 1.29 is 0 Å². The van der Waals surface area contributed by atoms with Crippen molar-refractivity contribution in [2.75, 3.05) is 0 Å². The summed E-state index contributed by atoms with van der Waals surface area (Å²) in [5.74, 6) is 0. The molecule has 2 heterocycles. The van der Waals surface area contributed by atoms with Crippen molar-refractivity contribution in [3.05, 3.63) is 71.9 Å². The van der Waals surface area contributed by atoms with E-state index in [9.17, 15) is 0 Å². The zero-order chi connectivity index (χ0) is 22.8. The number of rotatable bonds is 2. The van der Waals surface area contributed by atoms with Gasteiger partial charge in [-0.1, -0.05) is 82.4 Å². The quantitative estimate of drug-likeness (QED) is 0.244. The summed E-state index contributed by atoms with van der Waals surface area (Å²) in [6.45, 7) is 16.5. The minimum atomic E-state index is -1.48. The summed E-state index contributed by atoms with van der Waals surface area (Å²) in [4.78, 5) is 4.96. The van der Waals surface area contributed by atoms with Crippen LogP contribution < -0.4 is 5.19 Å². The lowest BCUT2D eigenvalue weighted by molar-refractivity contribution is 0.596. The summed E-state index contributed by atoms with van der Waals surface area (Å²) in [5, 5.41) is 6.88. The van der Waals surface area contributed by atoms with Gasteiger partial charge in [-0.3, -0.25) is 4.98 Å². The third-order valence-electron chi connectivity index (χ3n) is 6.45. The molecule has 5 rings (SSSR count). The van der Waals surface area contributed by atoms with E-state index in [2.05, 4.69) is 102 Å². The van der Waals surface area contributed by atoms with Gasteiger partial charge in [-0.05, 0) is 52.1 Å². The van der Waals surface area contributed by atoms with Crippen molar-refractivity contribution in [3.63, 3.8) is 0 Å². The fourth-order valence-corrected chi connectivity index (χ4v) is 9.46. The van der Waals surface area contributed by atoms with Crippen LogP contribution in [0, 0.1) is 6.92 Å². The second kappa shape index (κ2) is 7.26. The zero-order valence-electron chi connectivity index (χ0n) is 20.1. The van der Waals surface area contributed by atoms with Gasteiger partial charge in [-0.25, -0.2) is 0 Å². The van der Waals surface area contributed by atoms with Crippen LogP contribution in [0.3, 0.4) is 0 Å². The zero-order valence-corrected chi connectivity index (χ0v) is 21.9. The van der Waals surface area contributed by atoms with E-state index in [0.29, 0.717) is 0 Å². The van der Waals surface area contributed by atoms with Gasteiger partial charge in [-0.2, -0.15) is 0 Å². The molecule has 0 unspecified atom stereocenters. The average molecular weight is 454 g/mol. The number of pyridine rings is 1. The van der Waals surface area contributed by atoms with Crippen molar-refractivity contribution in [3.8, 4) is 11.3 Å². The molecule has 0 aliphatic carbocycles. The predicted molar refractivity (Wildman–Crippen MR) is 146 cm³/mol. The van der Waals surface area contributed by atoms with E-state index in [1.54, 1.807) is 5.19 Å². The highest BCUT2D eigenvalue weighted by atomic mass is 32.1. The van der Waals surface area contributed by atoms with E-state index in [4.69, 9.17) is 4.98 Å². The first kappa shape index (κ1) is 21.4.